The second-order valence-corrected chi connectivity index (χ2v) is 4.75. The zero-order chi connectivity index (χ0) is 11.5. The zero-order valence-electron chi connectivity index (χ0n) is 9.11. The smallest absolute Gasteiger partial charge is 0.273 e. The Morgan fingerprint density at radius 2 is 2.50 bits per heavy atom. The molecule has 86 valence electrons. The molecule has 0 aromatic carbocycles. The van der Waals surface area contributed by atoms with Crippen LogP contribution in [-0.4, -0.2) is 42.0 Å². The molecule has 2 rings (SSSR count). The van der Waals surface area contributed by atoms with Crippen LogP contribution in [0.25, 0.3) is 0 Å². The summed E-state index contributed by atoms with van der Waals surface area (Å²) in [5.74, 6) is -0.0267. The molecule has 0 spiro atoms. The fourth-order valence-electron chi connectivity index (χ4n) is 1.85. The van der Waals surface area contributed by atoms with Crippen molar-refractivity contribution in [2.75, 3.05) is 20.1 Å². The van der Waals surface area contributed by atoms with Gasteiger partial charge < -0.3 is 10.2 Å². The molecule has 1 aliphatic heterocycles. The minimum absolute atomic E-state index is 0.0267. The van der Waals surface area contributed by atoms with E-state index in [1.165, 1.54) is 0 Å². The van der Waals surface area contributed by atoms with Crippen molar-refractivity contribution in [3.8, 4) is 0 Å². The highest BCUT2D eigenvalue weighted by Gasteiger charge is 2.25. The van der Waals surface area contributed by atoms with Crippen molar-refractivity contribution in [2.45, 2.75) is 12.5 Å². The number of hydrogen-bond acceptors (Lipinski definition) is 3. The van der Waals surface area contributed by atoms with Crippen molar-refractivity contribution in [1.82, 2.24) is 15.2 Å². The van der Waals surface area contributed by atoms with Gasteiger partial charge in [-0.15, -0.1) is 0 Å². The monoisotopic (exact) mass is 283 g/mol. The molecule has 5 heteroatoms. The molecule has 0 saturated carbocycles. The molecule has 0 radical (unpaired) electrons. The lowest BCUT2D eigenvalue weighted by molar-refractivity contribution is 0.0737. The molecule has 0 aliphatic carbocycles. The number of carbonyl (C=O) groups is 1. The molecule has 2 heterocycles. The predicted octanol–water partition coefficient (Wildman–Crippen LogP) is 1.28. The quantitative estimate of drug-likeness (QED) is 0.889. The largest absolute Gasteiger partial charge is 0.336 e. The Morgan fingerprint density at radius 3 is 3.12 bits per heavy atom. The van der Waals surface area contributed by atoms with E-state index in [9.17, 15) is 4.79 Å². The maximum Gasteiger partial charge on any atom is 0.273 e. The van der Waals surface area contributed by atoms with Crippen molar-refractivity contribution in [3.05, 3.63) is 28.5 Å². The summed E-state index contributed by atoms with van der Waals surface area (Å²) < 4.78 is 0.748. The SMILES string of the molecule is CN(C(=O)c1ncccc1Br)C1CCNC1. The fourth-order valence-corrected chi connectivity index (χ4v) is 2.27. The van der Waals surface area contributed by atoms with Gasteiger partial charge in [0.1, 0.15) is 5.69 Å². The van der Waals surface area contributed by atoms with Crippen LogP contribution >= 0.6 is 15.9 Å². The second-order valence-electron chi connectivity index (χ2n) is 3.90. The van der Waals surface area contributed by atoms with E-state index in [1.54, 1.807) is 17.2 Å². The van der Waals surface area contributed by atoms with Crippen LogP contribution < -0.4 is 5.32 Å². The summed E-state index contributed by atoms with van der Waals surface area (Å²) in [6.07, 6.45) is 2.64. The standard InChI is InChI=1S/C11H14BrN3O/c1-15(8-4-6-13-7-8)11(16)10-9(12)3-2-5-14-10/h2-3,5,8,13H,4,6-7H2,1H3. The number of carbonyl (C=O) groups excluding carboxylic acids is 1. The summed E-state index contributed by atoms with van der Waals surface area (Å²) in [4.78, 5) is 18.0. The van der Waals surface area contributed by atoms with Crippen molar-refractivity contribution < 1.29 is 4.79 Å². The average molecular weight is 284 g/mol. The van der Waals surface area contributed by atoms with Crippen LogP contribution in [0.5, 0.6) is 0 Å². The summed E-state index contributed by atoms with van der Waals surface area (Å²) in [5, 5.41) is 3.25. The van der Waals surface area contributed by atoms with E-state index < -0.39 is 0 Å². The second kappa shape index (κ2) is 4.93. The molecule has 1 aliphatic rings. The highest BCUT2D eigenvalue weighted by molar-refractivity contribution is 9.10. The number of nitrogens with zero attached hydrogens (tertiary/aromatic N) is 2. The molecule has 1 N–H and O–H groups in total. The number of halogens is 1. The van der Waals surface area contributed by atoms with E-state index in [-0.39, 0.29) is 11.9 Å². The summed E-state index contributed by atoms with van der Waals surface area (Å²) in [6, 6.07) is 3.92. The molecule has 1 aromatic rings. The van der Waals surface area contributed by atoms with E-state index in [0.717, 1.165) is 24.0 Å². The molecule has 1 saturated heterocycles. The first kappa shape index (κ1) is 11.5. The predicted molar refractivity (Wildman–Crippen MR) is 65.3 cm³/mol. The fraction of sp³-hybridized carbons (Fsp3) is 0.455. The third-order valence-corrected chi connectivity index (χ3v) is 3.50. The Morgan fingerprint density at radius 1 is 1.69 bits per heavy atom. The van der Waals surface area contributed by atoms with Crippen LogP contribution in [0.1, 0.15) is 16.9 Å². The number of amides is 1. The number of aromatic nitrogens is 1. The lowest BCUT2D eigenvalue weighted by Crippen LogP contribution is -2.38. The molecular weight excluding hydrogens is 270 g/mol. The minimum Gasteiger partial charge on any atom is -0.336 e. The highest BCUT2D eigenvalue weighted by Crippen LogP contribution is 2.17. The van der Waals surface area contributed by atoms with Gasteiger partial charge in [-0.05, 0) is 41.0 Å². The van der Waals surface area contributed by atoms with Crippen molar-refractivity contribution in [2.24, 2.45) is 0 Å². The lowest BCUT2D eigenvalue weighted by atomic mass is 10.2. The van der Waals surface area contributed by atoms with Gasteiger partial charge in [-0.3, -0.25) is 4.79 Å². The first-order valence-electron chi connectivity index (χ1n) is 5.28. The molecular formula is C11H14BrN3O. The first-order valence-corrected chi connectivity index (χ1v) is 6.08. The van der Waals surface area contributed by atoms with Gasteiger partial charge in [-0.1, -0.05) is 0 Å². The summed E-state index contributed by atoms with van der Waals surface area (Å²) in [5.41, 5.74) is 0.483. The van der Waals surface area contributed by atoms with Crippen molar-refractivity contribution in [1.29, 1.82) is 0 Å². The van der Waals surface area contributed by atoms with Crippen LogP contribution in [0.3, 0.4) is 0 Å². The van der Waals surface area contributed by atoms with E-state index in [0.29, 0.717) is 5.69 Å². The molecule has 1 unspecified atom stereocenters. The van der Waals surface area contributed by atoms with E-state index in [4.69, 9.17) is 0 Å². The zero-order valence-corrected chi connectivity index (χ0v) is 10.7. The molecule has 4 nitrogen and oxygen atoms in total. The molecule has 1 atom stereocenters. The molecule has 16 heavy (non-hydrogen) atoms. The van der Waals surface area contributed by atoms with Gasteiger partial charge in [0.15, 0.2) is 0 Å². The Balaban J connectivity index is 2.15. The van der Waals surface area contributed by atoms with Crippen LogP contribution in [0, 0.1) is 0 Å². The van der Waals surface area contributed by atoms with Gasteiger partial charge in [0.05, 0.1) is 0 Å². The van der Waals surface area contributed by atoms with Gasteiger partial charge in [-0.2, -0.15) is 0 Å². The normalized spacial score (nSPS) is 19.8. The van der Waals surface area contributed by atoms with Gasteiger partial charge in [0.2, 0.25) is 0 Å². The maximum absolute atomic E-state index is 12.2. The lowest BCUT2D eigenvalue weighted by Gasteiger charge is -2.23. The maximum atomic E-state index is 12.2. The van der Waals surface area contributed by atoms with Crippen molar-refractivity contribution >= 4 is 21.8 Å². The van der Waals surface area contributed by atoms with Gasteiger partial charge in [-0.25, -0.2) is 4.98 Å². The van der Waals surface area contributed by atoms with Gasteiger partial charge in [0.25, 0.3) is 5.91 Å². The van der Waals surface area contributed by atoms with E-state index in [2.05, 4.69) is 26.2 Å². The third-order valence-electron chi connectivity index (χ3n) is 2.86. The number of pyridine rings is 1. The Bertz CT molecular complexity index is 391. The summed E-state index contributed by atoms with van der Waals surface area (Å²) >= 11 is 3.35. The Hall–Kier alpha value is -0.940. The molecule has 0 bridgehead atoms. The number of likely N-dealkylation sites (N-methyl/N-ethyl adjacent to an activating group) is 1. The highest BCUT2D eigenvalue weighted by atomic mass is 79.9. The van der Waals surface area contributed by atoms with Gasteiger partial charge >= 0.3 is 0 Å². The van der Waals surface area contributed by atoms with Gasteiger partial charge in [0, 0.05) is 30.3 Å². The van der Waals surface area contributed by atoms with Crippen LogP contribution in [-0.2, 0) is 0 Å². The van der Waals surface area contributed by atoms with E-state index in [1.807, 2.05) is 13.1 Å². The molecule has 1 amide bonds. The van der Waals surface area contributed by atoms with Crippen LogP contribution in [0.4, 0.5) is 0 Å². The summed E-state index contributed by atoms with van der Waals surface area (Å²) in [7, 11) is 1.83. The Kier molecular flexibility index (Phi) is 3.56. The summed E-state index contributed by atoms with van der Waals surface area (Å²) in [6.45, 7) is 1.85. The average Bonchev–Trinajstić information content (AvgIpc) is 2.81. The topological polar surface area (TPSA) is 45.2 Å². The third kappa shape index (κ3) is 2.25. The minimum atomic E-state index is -0.0267. The van der Waals surface area contributed by atoms with Crippen LogP contribution in [0.2, 0.25) is 0 Å². The number of nitrogens with one attached hydrogen (secondary N) is 1. The van der Waals surface area contributed by atoms with Crippen molar-refractivity contribution in [3.63, 3.8) is 0 Å². The molecule has 1 aromatic heterocycles. The molecule has 1 fully saturated rings. The van der Waals surface area contributed by atoms with E-state index >= 15 is 0 Å². The number of hydrogen-bond donors (Lipinski definition) is 1. The van der Waals surface area contributed by atoms with Crippen LogP contribution in [0.15, 0.2) is 22.8 Å². The first-order chi connectivity index (χ1) is 7.70. The Labute approximate surface area is 103 Å². The number of rotatable bonds is 2.